The van der Waals surface area contributed by atoms with Crippen molar-refractivity contribution in [3.8, 4) is 6.19 Å². The fourth-order valence-corrected chi connectivity index (χ4v) is 0.745. The zero-order valence-electron chi connectivity index (χ0n) is 6.33. The third-order valence-electron chi connectivity index (χ3n) is 1.34. The van der Waals surface area contributed by atoms with Gasteiger partial charge in [0.15, 0.2) is 6.19 Å². The van der Waals surface area contributed by atoms with E-state index in [0.29, 0.717) is 6.54 Å². The van der Waals surface area contributed by atoms with E-state index in [1.165, 1.54) is 0 Å². The third-order valence-corrected chi connectivity index (χ3v) is 1.34. The Balaban J connectivity index is 2.60. The lowest BCUT2D eigenvalue weighted by Crippen LogP contribution is -2.04. The summed E-state index contributed by atoms with van der Waals surface area (Å²) in [4.78, 5) is 4.08. The Labute approximate surface area is 65.7 Å². The summed E-state index contributed by atoms with van der Waals surface area (Å²) in [5.74, 6) is 0. The molecule has 3 nitrogen and oxygen atoms in total. The average Bonchev–Trinajstić information content (AvgIpc) is 2.04. The number of aryl methyl sites for hydroxylation is 1. The van der Waals surface area contributed by atoms with Gasteiger partial charge in [-0.3, -0.25) is 4.98 Å². The monoisotopic (exact) mass is 147 g/mol. The quantitative estimate of drug-likeness (QED) is 0.500. The number of hydrogen-bond donors (Lipinski definition) is 1. The predicted molar refractivity (Wildman–Crippen MR) is 41.4 cm³/mol. The highest BCUT2D eigenvalue weighted by molar-refractivity contribution is 5.13. The van der Waals surface area contributed by atoms with Gasteiger partial charge in [-0.05, 0) is 18.6 Å². The molecule has 1 rings (SSSR count). The molecule has 3 heteroatoms. The van der Waals surface area contributed by atoms with E-state index < -0.39 is 0 Å². The second-order valence-corrected chi connectivity index (χ2v) is 2.27. The van der Waals surface area contributed by atoms with E-state index in [4.69, 9.17) is 5.26 Å². The van der Waals surface area contributed by atoms with Crippen molar-refractivity contribution in [1.82, 2.24) is 10.3 Å². The number of aromatic nitrogens is 1. The number of nitrogens with one attached hydrogen (secondary N) is 1. The van der Waals surface area contributed by atoms with Gasteiger partial charge < -0.3 is 5.32 Å². The van der Waals surface area contributed by atoms with E-state index in [9.17, 15) is 0 Å². The van der Waals surface area contributed by atoms with Crippen molar-refractivity contribution in [3.05, 3.63) is 29.6 Å². The van der Waals surface area contributed by atoms with Crippen LogP contribution < -0.4 is 5.32 Å². The molecule has 1 aromatic rings. The summed E-state index contributed by atoms with van der Waals surface area (Å²) >= 11 is 0. The van der Waals surface area contributed by atoms with Crippen molar-refractivity contribution in [1.29, 1.82) is 5.26 Å². The Morgan fingerprint density at radius 2 is 2.45 bits per heavy atom. The molecule has 0 aliphatic heterocycles. The minimum absolute atomic E-state index is 0.559. The van der Waals surface area contributed by atoms with Crippen LogP contribution in [0.15, 0.2) is 18.3 Å². The molecule has 1 N–H and O–H groups in total. The van der Waals surface area contributed by atoms with Crippen molar-refractivity contribution in [2.45, 2.75) is 13.5 Å². The number of nitriles is 1. The molecule has 0 saturated carbocycles. The summed E-state index contributed by atoms with van der Waals surface area (Å²) in [5, 5.41) is 10.8. The van der Waals surface area contributed by atoms with Crippen LogP contribution in [0.3, 0.4) is 0 Å². The molecule has 0 radical (unpaired) electrons. The second kappa shape index (κ2) is 3.57. The van der Waals surface area contributed by atoms with Crippen LogP contribution in [-0.4, -0.2) is 4.98 Å². The van der Waals surface area contributed by atoms with Crippen molar-refractivity contribution >= 4 is 0 Å². The molecule has 1 aromatic heterocycles. The first-order chi connectivity index (χ1) is 5.33. The molecule has 0 amide bonds. The van der Waals surface area contributed by atoms with E-state index in [1.54, 1.807) is 6.20 Å². The molecule has 0 spiro atoms. The van der Waals surface area contributed by atoms with Gasteiger partial charge in [-0.2, -0.15) is 5.26 Å². The molecule has 0 saturated heterocycles. The van der Waals surface area contributed by atoms with Crippen LogP contribution in [0.25, 0.3) is 0 Å². The second-order valence-electron chi connectivity index (χ2n) is 2.27. The maximum absolute atomic E-state index is 8.20. The average molecular weight is 147 g/mol. The SMILES string of the molecule is Cc1ccc(CNC#N)cn1. The zero-order chi connectivity index (χ0) is 8.10. The molecular formula is C8H9N3. The van der Waals surface area contributed by atoms with E-state index >= 15 is 0 Å². The highest BCUT2D eigenvalue weighted by Crippen LogP contribution is 1.97. The summed E-state index contributed by atoms with van der Waals surface area (Å²) in [7, 11) is 0. The van der Waals surface area contributed by atoms with Crippen molar-refractivity contribution in [2.75, 3.05) is 0 Å². The van der Waals surface area contributed by atoms with Gasteiger partial charge in [0.2, 0.25) is 0 Å². The van der Waals surface area contributed by atoms with Crippen LogP contribution in [0, 0.1) is 18.4 Å². The van der Waals surface area contributed by atoms with Gasteiger partial charge in [0.05, 0.1) is 6.54 Å². The largest absolute Gasteiger partial charge is 0.319 e. The van der Waals surface area contributed by atoms with Crippen LogP contribution in [0.4, 0.5) is 0 Å². The number of hydrogen-bond acceptors (Lipinski definition) is 3. The van der Waals surface area contributed by atoms with Gasteiger partial charge in [-0.1, -0.05) is 6.07 Å². The number of pyridine rings is 1. The fourth-order valence-electron chi connectivity index (χ4n) is 0.745. The Hall–Kier alpha value is -1.56. The first-order valence-electron chi connectivity index (χ1n) is 3.36. The third kappa shape index (κ3) is 2.26. The van der Waals surface area contributed by atoms with Crippen LogP contribution in [-0.2, 0) is 6.54 Å². The molecule has 0 unspecified atom stereocenters. The van der Waals surface area contributed by atoms with Crippen molar-refractivity contribution < 1.29 is 0 Å². The molecule has 0 aliphatic rings. The van der Waals surface area contributed by atoms with Gasteiger partial charge >= 0.3 is 0 Å². The Morgan fingerprint density at radius 1 is 1.64 bits per heavy atom. The van der Waals surface area contributed by atoms with E-state index in [2.05, 4.69) is 10.3 Å². The van der Waals surface area contributed by atoms with Crippen molar-refractivity contribution in [2.24, 2.45) is 0 Å². The smallest absolute Gasteiger partial charge is 0.176 e. The summed E-state index contributed by atoms with van der Waals surface area (Å²) in [5.41, 5.74) is 2.02. The van der Waals surface area contributed by atoms with Gasteiger partial charge in [0.1, 0.15) is 0 Å². The minimum Gasteiger partial charge on any atom is -0.319 e. The van der Waals surface area contributed by atoms with Gasteiger partial charge in [0, 0.05) is 11.9 Å². The number of nitrogens with zero attached hydrogens (tertiary/aromatic N) is 2. The van der Waals surface area contributed by atoms with E-state index in [-0.39, 0.29) is 0 Å². The predicted octanol–water partition coefficient (Wildman–Crippen LogP) is 0.961. The maximum atomic E-state index is 8.20. The highest BCUT2D eigenvalue weighted by Gasteiger charge is 1.90. The zero-order valence-corrected chi connectivity index (χ0v) is 6.33. The normalized spacial score (nSPS) is 8.73. The summed E-state index contributed by atoms with van der Waals surface area (Å²) in [6.07, 6.45) is 3.62. The Morgan fingerprint density at radius 3 is 3.00 bits per heavy atom. The van der Waals surface area contributed by atoms with Crippen molar-refractivity contribution in [3.63, 3.8) is 0 Å². The highest BCUT2D eigenvalue weighted by atomic mass is 14.8. The van der Waals surface area contributed by atoms with Crippen LogP contribution in [0.2, 0.25) is 0 Å². The Bertz CT molecular complexity index is 258. The molecule has 11 heavy (non-hydrogen) atoms. The first kappa shape index (κ1) is 7.55. The van der Waals surface area contributed by atoms with Crippen LogP contribution in [0.1, 0.15) is 11.3 Å². The van der Waals surface area contributed by atoms with Crippen LogP contribution in [0.5, 0.6) is 0 Å². The first-order valence-corrected chi connectivity index (χ1v) is 3.36. The van der Waals surface area contributed by atoms with Gasteiger partial charge in [-0.15, -0.1) is 0 Å². The lowest BCUT2D eigenvalue weighted by molar-refractivity contribution is 0.875. The molecule has 1 heterocycles. The standard InChI is InChI=1S/C8H9N3/c1-7-2-3-8(5-11-7)4-10-6-9/h2-3,5,10H,4H2,1H3. The molecule has 0 atom stereocenters. The molecule has 56 valence electrons. The summed E-state index contributed by atoms with van der Waals surface area (Å²) in [6.45, 7) is 2.49. The number of rotatable bonds is 2. The molecule has 0 aromatic carbocycles. The lowest BCUT2D eigenvalue weighted by Gasteiger charge is -1.97. The lowest BCUT2D eigenvalue weighted by atomic mass is 10.2. The fraction of sp³-hybridized carbons (Fsp3) is 0.250. The molecule has 0 fully saturated rings. The van der Waals surface area contributed by atoms with Crippen LogP contribution >= 0.6 is 0 Å². The van der Waals surface area contributed by atoms with Gasteiger partial charge in [-0.25, -0.2) is 0 Å². The maximum Gasteiger partial charge on any atom is 0.176 e. The summed E-state index contributed by atoms with van der Waals surface area (Å²) < 4.78 is 0. The van der Waals surface area contributed by atoms with Gasteiger partial charge in [0.25, 0.3) is 0 Å². The Kier molecular flexibility index (Phi) is 2.45. The van der Waals surface area contributed by atoms with E-state index in [1.807, 2.05) is 25.2 Å². The molecule has 0 aliphatic carbocycles. The summed E-state index contributed by atoms with van der Waals surface area (Å²) in [6, 6.07) is 3.88. The molecular weight excluding hydrogens is 138 g/mol. The van der Waals surface area contributed by atoms with E-state index in [0.717, 1.165) is 11.3 Å². The topological polar surface area (TPSA) is 48.7 Å². The molecule has 0 bridgehead atoms. The minimum atomic E-state index is 0.559.